The van der Waals surface area contributed by atoms with Crippen LogP contribution in [0, 0.1) is 11.6 Å². The molecule has 0 N–H and O–H groups in total. The van der Waals surface area contributed by atoms with Gasteiger partial charge in [-0.25, -0.2) is 25.6 Å². The normalized spacial score (nSPS) is 11.4. The van der Waals surface area contributed by atoms with Gasteiger partial charge in [0.25, 0.3) is 0 Å². The third kappa shape index (κ3) is 13.6. The predicted molar refractivity (Wildman–Crippen MR) is 275 cm³/mol. The number of sulfone groups is 2. The summed E-state index contributed by atoms with van der Waals surface area (Å²) in [6.45, 7) is 0. The summed E-state index contributed by atoms with van der Waals surface area (Å²) in [5, 5.41) is 0.207. The van der Waals surface area contributed by atoms with E-state index in [0.29, 0.717) is 97.1 Å². The van der Waals surface area contributed by atoms with E-state index in [1.807, 2.05) is 6.08 Å². The molecule has 0 unspecified atom stereocenters. The molecule has 6 rings (SSSR count). The van der Waals surface area contributed by atoms with E-state index in [9.17, 15) is 25.6 Å². The van der Waals surface area contributed by atoms with Gasteiger partial charge in [-0.1, -0.05) is 35.9 Å². The topological polar surface area (TPSA) is 170 Å². The number of ether oxygens (including phenoxy) is 11. The second-order valence-corrected chi connectivity index (χ2v) is 19.7. The van der Waals surface area contributed by atoms with Gasteiger partial charge in [0.1, 0.15) is 5.75 Å². The summed E-state index contributed by atoms with van der Waals surface area (Å²) >= 11 is 6.18. The van der Waals surface area contributed by atoms with Crippen LogP contribution in [0.25, 0.3) is 24.3 Å². The zero-order valence-electron chi connectivity index (χ0n) is 41.9. The molecule has 15 nitrogen and oxygen atoms in total. The molecule has 0 spiro atoms. The van der Waals surface area contributed by atoms with Gasteiger partial charge >= 0.3 is 0 Å². The van der Waals surface area contributed by atoms with Crippen molar-refractivity contribution in [1.29, 1.82) is 0 Å². The Labute approximate surface area is 429 Å². The monoisotopic (exact) mass is 1070 g/mol. The zero-order chi connectivity index (χ0) is 53.6. The van der Waals surface area contributed by atoms with E-state index in [1.54, 1.807) is 60.7 Å². The molecule has 0 fully saturated rings. The van der Waals surface area contributed by atoms with Crippen LogP contribution in [0.5, 0.6) is 63.2 Å². The van der Waals surface area contributed by atoms with E-state index >= 15 is 0 Å². The summed E-state index contributed by atoms with van der Waals surface area (Å²) < 4.78 is 139. The first kappa shape index (κ1) is 56.6. The largest absolute Gasteiger partial charge is 0.495 e. The molecule has 0 bridgehead atoms. The lowest BCUT2D eigenvalue weighted by molar-refractivity contribution is 0.324. The zero-order valence-corrected chi connectivity index (χ0v) is 44.3. The Morgan fingerprint density at radius 2 is 0.726 bits per heavy atom. The van der Waals surface area contributed by atoms with Gasteiger partial charge in [-0.2, -0.15) is 0 Å². The number of benzene rings is 6. The van der Waals surface area contributed by atoms with Gasteiger partial charge in [-0.3, -0.25) is 0 Å². The van der Waals surface area contributed by atoms with Gasteiger partial charge in [0.2, 0.25) is 11.5 Å². The van der Waals surface area contributed by atoms with E-state index in [1.165, 1.54) is 102 Å². The van der Waals surface area contributed by atoms with Gasteiger partial charge in [-0.05, 0) is 118 Å². The Morgan fingerprint density at radius 1 is 0.384 bits per heavy atom. The lowest BCUT2D eigenvalue weighted by atomic mass is 10.1. The smallest absolute Gasteiger partial charge is 0.203 e. The Kier molecular flexibility index (Phi) is 19.6. The van der Waals surface area contributed by atoms with Gasteiger partial charge in [-0.15, -0.1) is 0 Å². The molecule has 0 aliphatic carbocycles. The fourth-order valence-electron chi connectivity index (χ4n) is 7.29. The van der Waals surface area contributed by atoms with E-state index in [4.69, 9.17) is 63.7 Å². The molecule has 0 saturated heterocycles. The fourth-order valence-corrected chi connectivity index (χ4v) is 10.4. The van der Waals surface area contributed by atoms with Crippen LogP contribution < -0.4 is 52.1 Å². The van der Waals surface area contributed by atoms with Crippen molar-refractivity contribution >= 4 is 55.6 Å². The summed E-state index contributed by atoms with van der Waals surface area (Å²) in [4.78, 5) is -0.261. The molecule has 0 heterocycles. The fraction of sp³-hybridized carbons (Fsp3) is 0.245. The Hall–Kier alpha value is -7.35. The second-order valence-electron chi connectivity index (χ2n) is 15.3. The Balaban J connectivity index is 0.000000271. The average Bonchev–Trinajstić information content (AvgIpc) is 3.39. The van der Waals surface area contributed by atoms with Crippen molar-refractivity contribution in [3.8, 4) is 63.2 Å². The number of hydrogen-bond donors (Lipinski definition) is 0. The molecule has 6 aromatic rings. The van der Waals surface area contributed by atoms with Crippen molar-refractivity contribution in [2.24, 2.45) is 0 Å². The second kappa shape index (κ2) is 25.3. The van der Waals surface area contributed by atoms with E-state index < -0.39 is 37.1 Å². The van der Waals surface area contributed by atoms with Crippen LogP contribution in [0.2, 0.25) is 5.02 Å². The number of methoxy groups -OCH3 is 11. The standard InChI is InChI=1S/C27H29ClO8S.C26H26F2O7S/c1-31-22-10-9-20(15-21(22)28)37(29,30)16-19-14-24(33-3)23(32-2)13-18(19)8-7-17-11-25(34-4)27(36-6)26(12-17)35-5;1-31-22-12-17(7-6-16-10-24(33-3)26(35-5)25(11-16)34-4)18(13-23(22)32-2)15-36(29,30)19-8-9-20(27)21(28)14-19/h7-15H,16H2,1-6H3;6-14H,15H2,1-5H3/b8-7-;7-6-. The summed E-state index contributed by atoms with van der Waals surface area (Å²) in [5.74, 6) is 1.58. The van der Waals surface area contributed by atoms with Crippen molar-refractivity contribution in [3.05, 3.63) is 135 Å². The van der Waals surface area contributed by atoms with Gasteiger partial charge < -0.3 is 52.1 Å². The first-order valence-electron chi connectivity index (χ1n) is 21.6. The number of halogens is 3. The molecule has 390 valence electrons. The van der Waals surface area contributed by atoms with E-state index in [2.05, 4.69) is 0 Å². The third-order valence-electron chi connectivity index (χ3n) is 11.0. The minimum Gasteiger partial charge on any atom is -0.495 e. The molecule has 73 heavy (non-hydrogen) atoms. The highest BCUT2D eigenvalue weighted by Crippen LogP contribution is 2.41. The van der Waals surface area contributed by atoms with Crippen LogP contribution in [0.1, 0.15) is 33.4 Å². The van der Waals surface area contributed by atoms with Crippen LogP contribution in [-0.4, -0.2) is 95.0 Å². The van der Waals surface area contributed by atoms with Crippen LogP contribution in [0.3, 0.4) is 0 Å². The summed E-state index contributed by atoms with van der Waals surface area (Å²) in [6.07, 6.45) is 7.03. The number of rotatable bonds is 21. The lowest BCUT2D eigenvalue weighted by Gasteiger charge is -2.15. The van der Waals surface area contributed by atoms with Crippen molar-refractivity contribution in [1.82, 2.24) is 0 Å². The molecular weight excluding hydrogens is 1010 g/mol. The molecular formula is C53H55ClF2O15S2. The minimum absolute atomic E-state index is 0.0765. The van der Waals surface area contributed by atoms with Crippen molar-refractivity contribution in [2.45, 2.75) is 21.3 Å². The van der Waals surface area contributed by atoms with Crippen LogP contribution >= 0.6 is 11.6 Å². The minimum atomic E-state index is -4.03. The quantitative estimate of drug-likeness (QED) is 0.0492. The lowest BCUT2D eigenvalue weighted by Crippen LogP contribution is -2.08. The molecule has 0 aliphatic rings. The Morgan fingerprint density at radius 3 is 1.05 bits per heavy atom. The van der Waals surface area contributed by atoms with Crippen LogP contribution in [0.15, 0.2) is 94.7 Å². The molecule has 0 radical (unpaired) electrons. The molecule has 0 saturated carbocycles. The Bertz CT molecular complexity index is 3170. The molecule has 20 heteroatoms. The third-order valence-corrected chi connectivity index (χ3v) is 14.6. The molecule has 6 aromatic carbocycles. The van der Waals surface area contributed by atoms with E-state index in [0.717, 1.165) is 17.7 Å². The predicted octanol–water partition coefficient (Wildman–Crippen LogP) is 10.7. The SMILES string of the molecule is COc1cc(/C=C\c2cc(OC)c(OC)c(OC)c2)c(CS(=O)(=O)c2ccc(F)c(F)c2)cc1OC.COc1ccc(S(=O)(=O)Cc2cc(OC)c(OC)cc2/C=C\c2cc(OC)c(OC)c(OC)c2)cc1Cl. The highest BCUT2D eigenvalue weighted by molar-refractivity contribution is 7.91. The van der Waals surface area contributed by atoms with E-state index in [-0.39, 0.29) is 20.6 Å². The maximum atomic E-state index is 13.7. The molecule has 0 amide bonds. The van der Waals surface area contributed by atoms with Gasteiger partial charge in [0.15, 0.2) is 77.3 Å². The highest BCUT2D eigenvalue weighted by atomic mass is 35.5. The van der Waals surface area contributed by atoms with Gasteiger partial charge in [0, 0.05) is 0 Å². The summed E-state index contributed by atoms with van der Waals surface area (Å²) in [7, 11) is 8.66. The highest BCUT2D eigenvalue weighted by Gasteiger charge is 2.23. The average molecular weight is 1070 g/mol. The summed E-state index contributed by atoms with van der Waals surface area (Å²) in [5.41, 5.74) is 3.44. The summed E-state index contributed by atoms with van der Waals surface area (Å²) in [6, 6.07) is 20.4. The van der Waals surface area contributed by atoms with Crippen LogP contribution in [-0.2, 0) is 31.2 Å². The molecule has 0 aliphatic heterocycles. The van der Waals surface area contributed by atoms with Gasteiger partial charge in [0.05, 0.1) is 105 Å². The van der Waals surface area contributed by atoms with Crippen LogP contribution in [0.4, 0.5) is 8.78 Å². The first-order chi connectivity index (χ1) is 34.9. The number of hydrogen-bond acceptors (Lipinski definition) is 15. The molecule has 0 atom stereocenters. The first-order valence-corrected chi connectivity index (χ1v) is 25.3. The maximum absolute atomic E-state index is 13.7. The van der Waals surface area contributed by atoms with Crippen molar-refractivity contribution < 1.29 is 77.7 Å². The molecule has 0 aromatic heterocycles. The van der Waals surface area contributed by atoms with Crippen molar-refractivity contribution in [3.63, 3.8) is 0 Å². The van der Waals surface area contributed by atoms with Crippen molar-refractivity contribution in [2.75, 3.05) is 78.2 Å². The maximum Gasteiger partial charge on any atom is 0.203 e.